The van der Waals surface area contributed by atoms with Gasteiger partial charge in [0.1, 0.15) is 11.9 Å². The average molecular weight is 374 g/mol. The quantitative estimate of drug-likeness (QED) is 0.736. The molecule has 6 heteroatoms. The molecule has 1 heterocycles. The molecule has 0 saturated heterocycles. The number of amides is 2. The van der Waals surface area contributed by atoms with Crippen LogP contribution in [-0.2, 0) is 9.53 Å². The van der Waals surface area contributed by atoms with Gasteiger partial charge in [0.25, 0.3) is 0 Å². The fourth-order valence-electron chi connectivity index (χ4n) is 2.66. The summed E-state index contributed by atoms with van der Waals surface area (Å²) in [5.74, 6) is 0.200. The summed E-state index contributed by atoms with van der Waals surface area (Å²) >= 11 is 0. The molecular formula is C21H30N2O4. The molecule has 0 bridgehead atoms. The number of hydrogen-bond acceptors (Lipinski definition) is 4. The van der Waals surface area contributed by atoms with Crippen molar-refractivity contribution >= 4 is 12.0 Å². The predicted molar refractivity (Wildman–Crippen MR) is 104 cm³/mol. The molecular weight excluding hydrogens is 344 g/mol. The van der Waals surface area contributed by atoms with Crippen LogP contribution in [0.25, 0.3) is 0 Å². The minimum absolute atomic E-state index is 0.187. The Morgan fingerprint density at radius 1 is 1.26 bits per heavy atom. The largest absolute Gasteiger partial charge is 0.493 e. The highest BCUT2D eigenvalue weighted by Crippen LogP contribution is 2.34. The third-order valence-electron chi connectivity index (χ3n) is 4.68. The second kappa shape index (κ2) is 8.46. The first kappa shape index (κ1) is 20.8. The number of urea groups is 1. The lowest BCUT2D eigenvalue weighted by molar-refractivity contribution is -0.149. The van der Waals surface area contributed by atoms with Crippen LogP contribution in [0.3, 0.4) is 0 Å². The van der Waals surface area contributed by atoms with Crippen molar-refractivity contribution in [1.82, 2.24) is 10.6 Å². The van der Waals surface area contributed by atoms with E-state index in [2.05, 4.69) is 10.6 Å². The Labute approximate surface area is 161 Å². The summed E-state index contributed by atoms with van der Waals surface area (Å²) in [5.41, 5.74) is 1.42. The monoisotopic (exact) mass is 374 g/mol. The maximum absolute atomic E-state index is 13.0. The maximum Gasteiger partial charge on any atom is 0.338 e. The molecule has 27 heavy (non-hydrogen) atoms. The molecule has 0 unspecified atom stereocenters. The first-order chi connectivity index (χ1) is 12.6. The summed E-state index contributed by atoms with van der Waals surface area (Å²) in [4.78, 5) is 25.1. The van der Waals surface area contributed by atoms with Gasteiger partial charge in [0.2, 0.25) is 0 Å². The third kappa shape index (κ3) is 5.02. The SMILES string of the molecule is CCCOc1ccccc1[C@@H]1NC(=O)NC(C)=C1C(=O)O[C@H](C)C(C)(C)C. The van der Waals surface area contributed by atoms with Gasteiger partial charge in [0.15, 0.2) is 0 Å². The Morgan fingerprint density at radius 2 is 1.93 bits per heavy atom. The van der Waals surface area contributed by atoms with Crippen molar-refractivity contribution in [3.63, 3.8) is 0 Å². The van der Waals surface area contributed by atoms with E-state index in [4.69, 9.17) is 9.47 Å². The van der Waals surface area contributed by atoms with E-state index in [1.165, 1.54) is 0 Å². The van der Waals surface area contributed by atoms with E-state index in [0.29, 0.717) is 23.6 Å². The van der Waals surface area contributed by atoms with Gasteiger partial charge in [-0.25, -0.2) is 9.59 Å². The first-order valence-corrected chi connectivity index (χ1v) is 9.36. The molecule has 2 rings (SSSR count). The molecule has 0 radical (unpaired) electrons. The Hall–Kier alpha value is -2.50. The molecule has 2 amide bonds. The predicted octanol–water partition coefficient (Wildman–Crippen LogP) is 4.08. The number of hydrogen-bond donors (Lipinski definition) is 2. The van der Waals surface area contributed by atoms with Crippen molar-refractivity contribution in [2.75, 3.05) is 6.61 Å². The fraction of sp³-hybridized carbons (Fsp3) is 0.524. The normalized spacial score (nSPS) is 18.4. The van der Waals surface area contributed by atoms with E-state index in [9.17, 15) is 9.59 Å². The zero-order valence-electron chi connectivity index (χ0n) is 17.0. The molecule has 0 spiro atoms. The van der Waals surface area contributed by atoms with Crippen LogP contribution >= 0.6 is 0 Å². The number of rotatable bonds is 6. The van der Waals surface area contributed by atoms with E-state index in [1.807, 2.05) is 58.9 Å². The number of para-hydroxylation sites is 1. The number of ether oxygens (including phenoxy) is 2. The zero-order valence-corrected chi connectivity index (χ0v) is 17.0. The molecule has 6 nitrogen and oxygen atoms in total. The molecule has 148 valence electrons. The molecule has 0 fully saturated rings. The summed E-state index contributed by atoms with van der Waals surface area (Å²) in [6.45, 7) is 12.2. The molecule has 2 atom stereocenters. The number of nitrogens with one attached hydrogen (secondary N) is 2. The van der Waals surface area contributed by atoms with E-state index < -0.39 is 12.0 Å². The lowest BCUT2D eigenvalue weighted by atomic mass is 9.90. The summed E-state index contributed by atoms with van der Waals surface area (Å²) in [6, 6.07) is 6.44. The number of allylic oxidation sites excluding steroid dienone is 1. The lowest BCUT2D eigenvalue weighted by Gasteiger charge is -2.32. The van der Waals surface area contributed by atoms with E-state index in [0.717, 1.165) is 12.0 Å². The third-order valence-corrected chi connectivity index (χ3v) is 4.68. The van der Waals surface area contributed by atoms with E-state index >= 15 is 0 Å². The van der Waals surface area contributed by atoms with Gasteiger partial charge in [-0.15, -0.1) is 0 Å². The molecule has 2 N–H and O–H groups in total. The van der Waals surface area contributed by atoms with Crippen LogP contribution in [0.15, 0.2) is 35.5 Å². The summed E-state index contributed by atoms with van der Waals surface area (Å²) in [7, 11) is 0. The average Bonchev–Trinajstić information content (AvgIpc) is 2.58. The minimum atomic E-state index is -0.633. The second-order valence-corrected chi connectivity index (χ2v) is 7.87. The highest BCUT2D eigenvalue weighted by Gasteiger charge is 2.35. The van der Waals surface area contributed by atoms with Gasteiger partial charge >= 0.3 is 12.0 Å². The van der Waals surface area contributed by atoms with Crippen molar-refractivity contribution in [2.45, 2.75) is 60.1 Å². The molecule has 0 aromatic heterocycles. The van der Waals surface area contributed by atoms with Gasteiger partial charge in [-0.2, -0.15) is 0 Å². The van der Waals surface area contributed by atoms with Gasteiger partial charge < -0.3 is 20.1 Å². The highest BCUT2D eigenvalue weighted by atomic mass is 16.5. The van der Waals surface area contributed by atoms with Crippen LogP contribution in [0.5, 0.6) is 5.75 Å². The Kier molecular flexibility index (Phi) is 6.52. The summed E-state index contributed by atoms with van der Waals surface area (Å²) in [5, 5.41) is 5.51. The van der Waals surface area contributed by atoms with Crippen LogP contribution in [0.1, 0.15) is 59.6 Å². The lowest BCUT2D eigenvalue weighted by Crippen LogP contribution is -2.46. The van der Waals surface area contributed by atoms with Gasteiger partial charge in [0.05, 0.1) is 18.2 Å². The molecule has 1 aliphatic rings. The Morgan fingerprint density at radius 3 is 2.56 bits per heavy atom. The minimum Gasteiger partial charge on any atom is -0.493 e. The van der Waals surface area contributed by atoms with E-state index in [-0.39, 0.29) is 17.6 Å². The molecule has 1 aliphatic heterocycles. The van der Waals surface area contributed by atoms with Gasteiger partial charge in [-0.1, -0.05) is 45.9 Å². The van der Waals surface area contributed by atoms with Crippen molar-refractivity contribution in [2.24, 2.45) is 5.41 Å². The van der Waals surface area contributed by atoms with Crippen molar-refractivity contribution in [3.8, 4) is 5.75 Å². The van der Waals surface area contributed by atoms with Gasteiger partial charge in [0, 0.05) is 11.3 Å². The summed E-state index contributed by atoms with van der Waals surface area (Å²) in [6.07, 6.45) is 0.579. The van der Waals surface area contributed by atoms with Crippen LogP contribution < -0.4 is 15.4 Å². The van der Waals surface area contributed by atoms with Crippen LogP contribution in [-0.4, -0.2) is 24.7 Å². The standard InChI is InChI=1S/C21H30N2O4/c1-7-12-26-16-11-9-8-10-15(16)18-17(13(2)22-20(25)23-18)19(24)27-14(3)21(4,5)6/h8-11,14,18H,7,12H2,1-6H3,(H2,22,23,25)/t14-,18+/m1/s1. The van der Waals surface area contributed by atoms with Crippen LogP contribution in [0, 0.1) is 5.41 Å². The highest BCUT2D eigenvalue weighted by molar-refractivity contribution is 5.95. The van der Waals surface area contributed by atoms with Gasteiger partial charge in [-0.05, 0) is 31.7 Å². The number of esters is 1. The smallest absolute Gasteiger partial charge is 0.338 e. The van der Waals surface area contributed by atoms with Crippen LogP contribution in [0.2, 0.25) is 0 Å². The number of carbonyl (C=O) groups excluding carboxylic acids is 2. The number of benzene rings is 1. The first-order valence-electron chi connectivity index (χ1n) is 9.36. The zero-order chi connectivity index (χ0) is 20.2. The maximum atomic E-state index is 13.0. The Balaban J connectivity index is 2.41. The second-order valence-electron chi connectivity index (χ2n) is 7.87. The Bertz CT molecular complexity index is 734. The molecule has 1 aromatic carbocycles. The molecule has 0 aliphatic carbocycles. The van der Waals surface area contributed by atoms with Gasteiger partial charge in [-0.3, -0.25) is 0 Å². The fourth-order valence-corrected chi connectivity index (χ4v) is 2.66. The van der Waals surface area contributed by atoms with Crippen molar-refractivity contribution in [3.05, 3.63) is 41.1 Å². The van der Waals surface area contributed by atoms with Crippen molar-refractivity contribution < 1.29 is 19.1 Å². The summed E-state index contributed by atoms with van der Waals surface area (Å²) < 4.78 is 11.5. The van der Waals surface area contributed by atoms with E-state index in [1.54, 1.807) is 6.92 Å². The molecule has 0 saturated carbocycles. The topological polar surface area (TPSA) is 76.7 Å². The van der Waals surface area contributed by atoms with Crippen molar-refractivity contribution in [1.29, 1.82) is 0 Å². The number of carbonyl (C=O) groups is 2. The van der Waals surface area contributed by atoms with Crippen LogP contribution in [0.4, 0.5) is 4.79 Å². The molecule has 1 aromatic rings.